The van der Waals surface area contributed by atoms with Gasteiger partial charge in [0.05, 0.1) is 6.61 Å². The molecule has 1 fully saturated rings. The van der Waals surface area contributed by atoms with Gasteiger partial charge in [0.1, 0.15) is 11.3 Å². The number of carbonyl (C=O) groups excluding carboxylic acids is 1. The van der Waals surface area contributed by atoms with Crippen molar-refractivity contribution in [2.24, 2.45) is 0 Å². The Bertz CT molecular complexity index is 499. The van der Waals surface area contributed by atoms with E-state index in [-0.39, 0.29) is 5.75 Å². The Morgan fingerprint density at radius 2 is 1.95 bits per heavy atom. The van der Waals surface area contributed by atoms with Crippen LogP contribution in [0.2, 0.25) is 0 Å². The largest absolute Gasteiger partial charge is 0.507 e. The molecule has 110 valence electrons. The first-order valence-electron chi connectivity index (χ1n) is 7.56. The van der Waals surface area contributed by atoms with Crippen LogP contribution in [0.25, 0.3) is 0 Å². The maximum Gasteiger partial charge on any atom is 0.342 e. The Kier molecular flexibility index (Phi) is 4.69. The fraction of sp³-hybridized carbons (Fsp3) is 0.588. The fourth-order valence-corrected chi connectivity index (χ4v) is 3.22. The Balaban J connectivity index is 2.45. The maximum absolute atomic E-state index is 12.1. The first-order chi connectivity index (χ1) is 9.56. The van der Waals surface area contributed by atoms with Crippen molar-refractivity contribution in [3.63, 3.8) is 0 Å². The van der Waals surface area contributed by atoms with Gasteiger partial charge in [-0.15, -0.1) is 0 Å². The molecule has 0 bridgehead atoms. The molecule has 0 spiro atoms. The van der Waals surface area contributed by atoms with Crippen LogP contribution in [0.3, 0.4) is 0 Å². The molecule has 0 saturated heterocycles. The van der Waals surface area contributed by atoms with Gasteiger partial charge in [0, 0.05) is 0 Å². The predicted molar refractivity (Wildman–Crippen MR) is 79.4 cm³/mol. The third-order valence-corrected chi connectivity index (χ3v) is 4.31. The van der Waals surface area contributed by atoms with Gasteiger partial charge in [-0.25, -0.2) is 4.79 Å². The van der Waals surface area contributed by atoms with E-state index in [0.29, 0.717) is 18.1 Å². The summed E-state index contributed by atoms with van der Waals surface area (Å²) in [5.41, 5.74) is 3.22. The quantitative estimate of drug-likeness (QED) is 0.840. The number of aromatic hydroxyl groups is 1. The first kappa shape index (κ1) is 14.9. The van der Waals surface area contributed by atoms with Crippen molar-refractivity contribution in [2.45, 2.75) is 58.8 Å². The van der Waals surface area contributed by atoms with Crippen LogP contribution >= 0.6 is 0 Å². The van der Waals surface area contributed by atoms with E-state index in [0.717, 1.165) is 11.1 Å². The lowest BCUT2D eigenvalue weighted by atomic mass is 9.80. The van der Waals surface area contributed by atoms with Gasteiger partial charge in [0.2, 0.25) is 0 Å². The van der Waals surface area contributed by atoms with E-state index in [1.807, 2.05) is 19.9 Å². The van der Waals surface area contributed by atoms with Crippen LogP contribution in [0, 0.1) is 13.8 Å². The zero-order valence-electron chi connectivity index (χ0n) is 12.7. The van der Waals surface area contributed by atoms with Crippen molar-refractivity contribution < 1.29 is 14.6 Å². The summed E-state index contributed by atoms with van der Waals surface area (Å²) in [6.45, 7) is 5.88. The van der Waals surface area contributed by atoms with Crippen LogP contribution < -0.4 is 0 Å². The molecule has 1 aromatic carbocycles. The predicted octanol–water partition coefficient (Wildman–Crippen LogP) is 4.23. The number of phenolic OH excluding ortho intramolecular Hbond substituents is 1. The van der Waals surface area contributed by atoms with E-state index in [1.165, 1.54) is 37.7 Å². The highest BCUT2D eigenvalue weighted by Gasteiger charge is 2.25. The highest BCUT2D eigenvalue weighted by molar-refractivity contribution is 5.95. The van der Waals surface area contributed by atoms with Crippen LogP contribution in [-0.2, 0) is 4.74 Å². The molecular formula is C17H24O3. The van der Waals surface area contributed by atoms with Gasteiger partial charge >= 0.3 is 5.97 Å². The van der Waals surface area contributed by atoms with Crippen molar-refractivity contribution in [3.8, 4) is 5.75 Å². The molecular weight excluding hydrogens is 252 g/mol. The normalized spacial score (nSPS) is 16.1. The lowest BCUT2D eigenvalue weighted by Gasteiger charge is -2.25. The van der Waals surface area contributed by atoms with Crippen LogP contribution in [-0.4, -0.2) is 17.7 Å². The monoisotopic (exact) mass is 276 g/mol. The minimum absolute atomic E-state index is 0.0699. The Morgan fingerprint density at radius 3 is 2.55 bits per heavy atom. The van der Waals surface area contributed by atoms with Gasteiger partial charge in [-0.2, -0.15) is 0 Å². The summed E-state index contributed by atoms with van der Waals surface area (Å²) in [7, 11) is 0. The molecule has 0 heterocycles. The summed E-state index contributed by atoms with van der Waals surface area (Å²) in [5.74, 6) is 0.167. The third kappa shape index (κ3) is 2.82. The molecule has 0 amide bonds. The van der Waals surface area contributed by atoms with Crippen LogP contribution in [0.5, 0.6) is 5.75 Å². The minimum atomic E-state index is -0.414. The Labute approximate surface area is 121 Å². The van der Waals surface area contributed by atoms with E-state index < -0.39 is 5.97 Å². The molecule has 3 heteroatoms. The fourth-order valence-electron chi connectivity index (χ4n) is 3.22. The standard InChI is InChI=1S/C17H24O3/c1-4-20-17(19)15-12(3)14(10-11(2)16(15)18)13-8-6-5-7-9-13/h10,13,18H,4-9H2,1-3H3. The lowest BCUT2D eigenvalue weighted by Crippen LogP contribution is -2.13. The highest BCUT2D eigenvalue weighted by atomic mass is 16.5. The van der Waals surface area contributed by atoms with Gasteiger partial charge in [-0.3, -0.25) is 0 Å². The number of rotatable bonds is 3. The highest BCUT2D eigenvalue weighted by Crippen LogP contribution is 2.39. The first-order valence-corrected chi connectivity index (χ1v) is 7.56. The number of hydrogen-bond acceptors (Lipinski definition) is 3. The Morgan fingerprint density at radius 1 is 1.30 bits per heavy atom. The molecule has 0 radical (unpaired) electrons. The average molecular weight is 276 g/mol. The second kappa shape index (κ2) is 6.29. The summed E-state index contributed by atoms with van der Waals surface area (Å²) >= 11 is 0. The minimum Gasteiger partial charge on any atom is -0.507 e. The van der Waals surface area contributed by atoms with Crippen LogP contribution in [0.4, 0.5) is 0 Å². The number of aryl methyl sites for hydroxylation is 1. The van der Waals surface area contributed by atoms with Gasteiger partial charge < -0.3 is 9.84 Å². The molecule has 0 unspecified atom stereocenters. The lowest BCUT2D eigenvalue weighted by molar-refractivity contribution is 0.0522. The summed E-state index contributed by atoms with van der Waals surface area (Å²) < 4.78 is 5.09. The number of hydrogen-bond donors (Lipinski definition) is 1. The van der Waals surface area contributed by atoms with Crippen LogP contribution in [0.15, 0.2) is 6.07 Å². The molecule has 1 aliphatic carbocycles. The molecule has 1 saturated carbocycles. The molecule has 2 rings (SSSR count). The topological polar surface area (TPSA) is 46.5 Å². The van der Waals surface area contributed by atoms with Crippen molar-refractivity contribution in [3.05, 3.63) is 28.3 Å². The number of benzene rings is 1. The third-order valence-electron chi connectivity index (χ3n) is 4.31. The van der Waals surface area contributed by atoms with Gasteiger partial charge in [-0.1, -0.05) is 25.3 Å². The molecule has 20 heavy (non-hydrogen) atoms. The zero-order chi connectivity index (χ0) is 14.7. The molecule has 3 nitrogen and oxygen atoms in total. The van der Waals surface area contributed by atoms with Gasteiger partial charge in [-0.05, 0) is 56.2 Å². The molecule has 0 aromatic heterocycles. The Hall–Kier alpha value is -1.51. The van der Waals surface area contributed by atoms with Crippen molar-refractivity contribution in [1.82, 2.24) is 0 Å². The van der Waals surface area contributed by atoms with Crippen molar-refractivity contribution >= 4 is 5.97 Å². The van der Waals surface area contributed by atoms with E-state index in [2.05, 4.69) is 0 Å². The summed E-state index contributed by atoms with van der Waals surface area (Å²) in [4.78, 5) is 12.1. The smallest absolute Gasteiger partial charge is 0.342 e. The number of carbonyl (C=O) groups is 1. The SMILES string of the molecule is CCOC(=O)c1c(C)c(C2CCCCC2)cc(C)c1O. The molecule has 1 aliphatic rings. The molecule has 1 N–H and O–H groups in total. The number of esters is 1. The molecule has 1 aromatic rings. The second-order valence-corrected chi connectivity index (χ2v) is 5.69. The van der Waals surface area contributed by atoms with Crippen molar-refractivity contribution in [1.29, 1.82) is 0 Å². The van der Waals surface area contributed by atoms with E-state index in [1.54, 1.807) is 6.92 Å². The number of ether oxygens (including phenoxy) is 1. The molecule has 0 atom stereocenters. The maximum atomic E-state index is 12.1. The van der Waals surface area contributed by atoms with Crippen molar-refractivity contribution in [2.75, 3.05) is 6.61 Å². The van der Waals surface area contributed by atoms with Crippen LogP contribution in [0.1, 0.15) is 72.0 Å². The van der Waals surface area contributed by atoms with Gasteiger partial charge in [0.15, 0.2) is 0 Å². The van der Waals surface area contributed by atoms with Gasteiger partial charge in [0.25, 0.3) is 0 Å². The summed E-state index contributed by atoms with van der Waals surface area (Å²) in [6, 6.07) is 2.05. The summed E-state index contributed by atoms with van der Waals surface area (Å²) in [6.07, 6.45) is 6.15. The van der Waals surface area contributed by atoms with E-state index >= 15 is 0 Å². The second-order valence-electron chi connectivity index (χ2n) is 5.69. The number of phenols is 1. The van der Waals surface area contributed by atoms with E-state index in [4.69, 9.17) is 4.74 Å². The molecule has 0 aliphatic heterocycles. The zero-order valence-corrected chi connectivity index (χ0v) is 12.7. The van der Waals surface area contributed by atoms with E-state index in [9.17, 15) is 9.90 Å². The summed E-state index contributed by atoms with van der Waals surface area (Å²) in [5, 5.41) is 10.2. The average Bonchev–Trinajstić information content (AvgIpc) is 2.44.